The lowest BCUT2D eigenvalue weighted by Gasteiger charge is -2.47. The van der Waals surface area contributed by atoms with Crippen molar-refractivity contribution in [3.05, 3.63) is 11.6 Å². The summed E-state index contributed by atoms with van der Waals surface area (Å²) < 4.78 is 18.2. The van der Waals surface area contributed by atoms with Gasteiger partial charge in [-0.05, 0) is 39.0 Å². The summed E-state index contributed by atoms with van der Waals surface area (Å²) in [4.78, 5) is 0. The van der Waals surface area contributed by atoms with E-state index in [1.165, 1.54) is 5.57 Å². The normalized spacial score (nSPS) is 53.6. The van der Waals surface area contributed by atoms with Crippen LogP contribution in [0.4, 0.5) is 0 Å². The molecule has 9 atom stereocenters. The molecule has 4 rings (SSSR count). The minimum absolute atomic E-state index is 0.0295. The number of hydrogen-bond acceptors (Lipinski definition) is 7. The molecule has 1 saturated carbocycles. The van der Waals surface area contributed by atoms with Gasteiger partial charge < -0.3 is 34.6 Å². The molecule has 4 aliphatic rings. The largest absolute Gasteiger partial charge is 0.394 e. The number of aliphatic hydroxyl groups is 4. The monoisotopic (exact) mass is 398 g/mol. The van der Waals surface area contributed by atoms with Crippen LogP contribution in [0, 0.1) is 10.8 Å². The molecule has 2 aliphatic carbocycles. The van der Waals surface area contributed by atoms with Crippen molar-refractivity contribution in [1.82, 2.24) is 0 Å². The Kier molecular flexibility index (Phi) is 5.19. The standard InChI is InChI=1S/C21H34O7/c1-12-5-8-19(2)14(9-12)28-21(7-4-6-20(19,21)3)11-26-18-17(25)16(24)15(23)13(10-22)27-18/h9,13-18,22-25H,4-8,10-11H2,1-3H3. The zero-order valence-electron chi connectivity index (χ0n) is 17.0. The summed E-state index contributed by atoms with van der Waals surface area (Å²) in [7, 11) is 0. The number of fused-ring (bicyclic) bond motifs is 3. The summed E-state index contributed by atoms with van der Waals surface area (Å²) >= 11 is 0. The minimum atomic E-state index is -1.43. The number of rotatable bonds is 4. The van der Waals surface area contributed by atoms with Crippen LogP contribution in [0.15, 0.2) is 11.6 Å². The fraction of sp³-hybridized carbons (Fsp3) is 0.905. The van der Waals surface area contributed by atoms with E-state index in [0.717, 1.165) is 32.1 Å². The Morgan fingerprint density at radius 3 is 2.57 bits per heavy atom. The van der Waals surface area contributed by atoms with E-state index in [2.05, 4.69) is 26.8 Å². The van der Waals surface area contributed by atoms with Crippen molar-refractivity contribution in [2.75, 3.05) is 13.2 Å². The van der Waals surface area contributed by atoms with Crippen molar-refractivity contribution in [2.45, 2.75) is 95.3 Å². The van der Waals surface area contributed by atoms with Crippen molar-refractivity contribution in [3.8, 4) is 0 Å². The molecule has 7 nitrogen and oxygen atoms in total. The van der Waals surface area contributed by atoms with E-state index in [1.54, 1.807) is 0 Å². The first-order valence-corrected chi connectivity index (χ1v) is 10.4. The molecule has 0 bridgehead atoms. The summed E-state index contributed by atoms with van der Waals surface area (Å²) in [5, 5.41) is 39.7. The smallest absolute Gasteiger partial charge is 0.186 e. The van der Waals surface area contributed by atoms with Gasteiger partial charge in [-0.3, -0.25) is 0 Å². The van der Waals surface area contributed by atoms with Crippen molar-refractivity contribution in [1.29, 1.82) is 0 Å². The molecular weight excluding hydrogens is 364 g/mol. The Balaban J connectivity index is 1.54. The summed E-state index contributed by atoms with van der Waals surface area (Å²) in [5.74, 6) is 0. The van der Waals surface area contributed by atoms with Gasteiger partial charge in [0.15, 0.2) is 6.29 Å². The predicted molar refractivity (Wildman–Crippen MR) is 100 cm³/mol. The van der Waals surface area contributed by atoms with Crippen LogP contribution in [0.1, 0.15) is 52.9 Å². The molecule has 0 amide bonds. The zero-order valence-corrected chi connectivity index (χ0v) is 17.0. The molecular formula is C21H34O7. The molecule has 2 aliphatic heterocycles. The van der Waals surface area contributed by atoms with Crippen LogP contribution in [-0.2, 0) is 14.2 Å². The van der Waals surface area contributed by atoms with Crippen LogP contribution in [0.2, 0.25) is 0 Å². The molecule has 3 fully saturated rings. The maximum Gasteiger partial charge on any atom is 0.186 e. The molecule has 0 spiro atoms. The number of allylic oxidation sites excluding steroid dienone is 1. The fourth-order valence-corrected chi connectivity index (χ4v) is 6.04. The highest BCUT2D eigenvalue weighted by atomic mass is 16.7. The first-order valence-electron chi connectivity index (χ1n) is 10.4. The molecule has 4 N–H and O–H groups in total. The number of hydrogen-bond donors (Lipinski definition) is 4. The van der Waals surface area contributed by atoms with E-state index in [0.29, 0.717) is 0 Å². The van der Waals surface area contributed by atoms with Gasteiger partial charge in [-0.15, -0.1) is 0 Å². The molecule has 2 heterocycles. The Labute approximate surface area is 166 Å². The van der Waals surface area contributed by atoms with Crippen LogP contribution in [0.5, 0.6) is 0 Å². The van der Waals surface area contributed by atoms with Gasteiger partial charge in [-0.2, -0.15) is 0 Å². The predicted octanol–water partition coefficient (Wildman–Crippen LogP) is 0.877. The second-order valence-corrected chi connectivity index (χ2v) is 9.66. The van der Waals surface area contributed by atoms with Gasteiger partial charge in [0, 0.05) is 10.8 Å². The first kappa shape index (κ1) is 20.7. The lowest BCUT2D eigenvalue weighted by Crippen LogP contribution is -2.60. The van der Waals surface area contributed by atoms with E-state index in [4.69, 9.17) is 14.2 Å². The third-order valence-corrected chi connectivity index (χ3v) is 8.31. The lowest BCUT2D eigenvalue weighted by molar-refractivity contribution is -0.311. The van der Waals surface area contributed by atoms with E-state index in [9.17, 15) is 20.4 Å². The van der Waals surface area contributed by atoms with Crippen LogP contribution < -0.4 is 0 Å². The SMILES string of the molecule is CC1=CC2OC3(COC4OC(CO)C(O)C(O)C4O)CCCC3(C)C2(C)CC1. The van der Waals surface area contributed by atoms with Gasteiger partial charge >= 0.3 is 0 Å². The Hall–Kier alpha value is -0.540. The van der Waals surface area contributed by atoms with Crippen molar-refractivity contribution < 1.29 is 34.6 Å². The van der Waals surface area contributed by atoms with Crippen molar-refractivity contribution in [2.24, 2.45) is 10.8 Å². The maximum absolute atomic E-state index is 10.3. The number of ether oxygens (including phenoxy) is 3. The number of aliphatic hydroxyl groups excluding tert-OH is 4. The summed E-state index contributed by atoms with van der Waals surface area (Å²) in [6.45, 7) is 6.54. The van der Waals surface area contributed by atoms with Gasteiger partial charge in [0.2, 0.25) is 0 Å². The first-order chi connectivity index (χ1) is 13.2. The average Bonchev–Trinajstić information content (AvgIpc) is 3.08. The van der Waals surface area contributed by atoms with Crippen LogP contribution >= 0.6 is 0 Å². The molecule has 160 valence electrons. The summed E-state index contributed by atoms with van der Waals surface area (Å²) in [5.41, 5.74) is 0.848. The quantitative estimate of drug-likeness (QED) is 0.521. The van der Waals surface area contributed by atoms with Gasteiger partial charge in [-0.1, -0.05) is 25.5 Å². The molecule has 28 heavy (non-hydrogen) atoms. The van der Waals surface area contributed by atoms with Gasteiger partial charge in [0.1, 0.15) is 24.4 Å². The second-order valence-electron chi connectivity index (χ2n) is 9.66. The molecule has 0 aromatic carbocycles. The maximum atomic E-state index is 10.3. The fourth-order valence-electron chi connectivity index (χ4n) is 6.04. The van der Waals surface area contributed by atoms with Crippen LogP contribution in [-0.4, -0.2) is 76.1 Å². The Morgan fingerprint density at radius 2 is 1.86 bits per heavy atom. The van der Waals surface area contributed by atoms with E-state index >= 15 is 0 Å². The minimum Gasteiger partial charge on any atom is -0.394 e. The highest BCUT2D eigenvalue weighted by Crippen LogP contribution is 2.68. The molecule has 2 saturated heterocycles. The highest BCUT2D eigenvalue weighted by Gasteiger charge is 2.70. The average molecular weight is 398 g/mol. The van der Waals surface area contributed by atoms with E-state index in [1.807, 2.05) is 0 Å². The summed E-state index contributed by atoms with van der Waals surface area (Å²) in [6.07, 6.45) is 1.16. The van der Waals surface area contributed by atoms with Crippen LogP contribution in [0.25, 0.3) is 0 Å². The Bertz CT molecular complexity index is 636. The Morgan fingerprint density at radius 1 is 1.11 bits per heavy atom. The third kappa shape index (κ3) is 2.75. The van der Waals surface area contributed by atoms with Crippen LogP contribution in [0.3, 0.4) is 0 Å². The van der Waals surface area contributed by atoms with Gasteiger partial charge in [0.05, 0.1) is 24.9 Å². The second kappa shape index (κ2) is 7.01. The molecule has 9 unspecified atom stereocenters. The topological polar surface area (TPSA) is 109 Å². The lowest BCUT2D eigenvalue weighted by atomic mass is 9.55. The van der Waals surface area contributed by atoms with E-state index < -0.39 is 42.9 Å². The van der Waals surface area contributed by atoms with Crippen molar-refractivity contribution >= 4 is 0 Å². The third-order valence-electron chi connectivity index (χ3n) is 8.31. The highest BCUT2D eigenvalue weighted by molar-refractivity contribution is 5.25. The summed E-state index contributed by atoms with van der Waals surface area (Å²) in [6, 6.07) is 0. The zero-order chi connectivity index (χ0) is 20.3. The molecule has 0 aromatic heterocycles. The van der Waals surface area contributed by atoms with Gasteiger partial charge in [-0.25, -0.2) is 0 Å². The molecule has 0 aromatic rings. The van der Waals surface area contributed by atoms with Gasteiger partial charge in [0.25, 0.3) is 0 Å². The van der Waals surface area contributed by atoms with Crippen molar-refractivity contribution in [3.63, 3.8) is 0 Å². The molecule has 7 heteroatoms. The molecule has 0 radical (unpaired) electrons. The van der Waals surface area contributed by atoms with E-state index in [-0.39, 0.29) is 23.5 Å².